The minimum atomic E-state index is -0.652. The van der Waals surface area contributed by atoms with Gasteiger partial charge >= 0.3 is 0 Å². The number of carbonyl (C=O) groups excluding carboxylic acids is 2. The van der Waals surface area contributed by atoms with Gasteiger partial charge in [0.1, 0.15) is 6.04 Å². The Morgan fingerprint density at radius 2 is 1.49 bits per heavy atom. The van der Waals surface area contributed by atoms with Crippen molar-refractivity contribution >= 4 is 46.8 Å². The molecule has 4 nitrogen and oxygen atoms in total. The van der Waals surface area contributed by atoms with Crippen LogP contribution < -0.4 is 5.32 Å². The number of nitrogens with one attached hydrogen (secondary N) is 1. The fourth-order valence-electron chi connectivity index (χ4n) is 3.54. The molecule has 0 unspecified atom stereocenters. The topological polar surface area (TPSA) is 49.4 Å². The maximum Gasteiger partial charge on any atom is 0.243 e. The lowest BCUT2D eigenvalue weighted by atomic mass is 10.0. The summed E-state index contributed by atoms with van der Waals surface area (Å²) in [6.07, 6.45) is 1.23. The quantitative estimate of drug-likeness (QED) is 0.283. The van der Waals surface area contributed by atoms with Crippen LogP contribution in [0.25, 0.3) is 0 Å². The van der Waals surface area contributed by atoms with Crippen molar-refractivity contribution in [3.63, 3.8) is 0 Å². The first kappa shape index (κ1) is 27.1. The molecule has 3 aromatic rings. The van der Waals surface area contributed by atoms with Gasteiger partial charge < -0.3 is 10.2 Å². The van der Waals surface area contributed by atoms with Gasteiger partial charge in [-0.1, -0.05) is 72.6 Å². The Morgan fingerprint density at radius 1 is 0.886 bits per heavy atom. The van der Waals surface area contributed by atoms with Crippen molar-refractivity contribution in [2.45, 2.75) is 50.2 Å². The van der Waals surface area contributed by atoms with Gasteiger partial charge in [0.25, 0.3) is 0 Å². The molecule has 0 bridgehead atoms. The number of nitrogens with zero attached hydrogens (tertiary/aromatic N) is 1. The molecule has 3 aromatic carbocycles. The number of hydrogen-bond acceptors (Lipinski definition) is 3. The molecule has 3 rings (SSSR count). The van der Waals surface area contributed by atoms with E-state index >= 15 is 0 Å². The number of benzene rings is 3. The molecule has 0 saturated carbocycles. The summed E-state index contributed by atoms with van der Waals surface area (Å²) in [5.74, 6) is -0.0564. The van der Waals surface area contributed by atoms with Gasteiger partial charge in [-0.05, 0) is 60.9 Å². The lowest BCUT2D eigenvalue weighted by molar-refractivity contribution is -0.139. The van der Waals surface area contributed by atoms with Crippen molar-refractivity contribution in [3.8, 4) is 0 Å². The average Bonchev–Trinajstić information content (AvgIpc) is 2.87. The minimum absolute atomic E-state index is 0.0108. The second-order valence-corrected chi connectivity index (χ2v) is 10.3. The van der Waals surface area contributed by atoms with Crippen LogP contribution in [0.3, 0.4) is 0 Å². The molecule has 0 fully saturated rings. The minimum Gasteiger partial charge on any atom is -0.352 e. The van der Waals surface area contributed by atoms with Crippen molar-refractivity contribution < 1.29 is 9.59 Å². The highest BCUT2D eigenvalue weighted by Crippen LogP contribution is 2.23. The maximum absolute atomic E-state index is 13.6. The molecule has 0 heterocycles. The summed E-state index contributed by atoms with van der Waals surface area (Å²) in [5.41, 5.74) is 1.91. The highest BCUT2D eigenvalue weighted by molar-refractivity contribution is 8.00. The van der Waals surface area contributed by atoms with E-state index in [2.05, 4.69) is 5.32 Å². The highest BCUT2D eigenvalue weighted by atomic mass is 35.5. The molecule has 7 heteroatoms. The second kappa shape index (κ2) is 13.6. The van der Waals surface area contributed by atoms with Gasteiger partial charge in [-0.3, -0.25) is 9.59 Å². The number of thioether (sulfide) groups is 1. The lowest BCUT2D eigenvalue weighted by Crippen LogP contribution is -2.52. The smallest absolute Gasteiger partial charge is 0.243 e. The van der Waals surface area contributed by atoms with E-state index in [1.54, 1.807) is 29.2 Å². The standard InChI is InChI=1S/C28H30Cl2N2O2S/c1-3-20(2)31-28(34)26(17-21-7-5-4-6-8-21)32(18-22-9-11-23(29)12-10-22)27(33)19-35-25-15-13-24(30)14-16-25/h4-16,20,26H,3,17-19H2,1-2H3,(H,31,34)/t20-,26+/m0/s1. The summed E-state index contributed by atoms with van der Waals surface area (Å²) in [6.45, 7) is 4.30. The average molecular weight is 530 g/mol. The molecule has 35 heavy (non-hydrogen) atoms. The predicted molar refractivity (Wildman–Crippen MR) is 146 cm³/mol. The molecule has 2 amide bonds. The largest absolute Gasteiger partial charge is 0.352 e. The number of amides is 2. The zero-order chi connectivity index (χ0) is 25.2. The van der Waals surface area contributed by atoms with Crippen LogP contribution in [0.15, 0.2) is 83.8 Å². The van der Waals surface area contributed by atoms with Crippen LogP contribution in [0.2, 0.25) is 10.0 Å². The number of rotatable bonds is 11. The molecule has 0 aliphatic carbocycles. The number of carbonyl (C=O) groups is 2. The Balaban J connectivity index is 1.89. The van der Waals surface area contributed by atoms with Gasteiger partial charge in [0, 0.05) is 33.9 Å². The summed E-state index contributed by atoms with van der Waals surface area (Å²) in [4.78, 5) is 29.7. The fraction of sp³-hybridized carbons (Fsp3) is 0.286. The van der Waals surface area contributed by atoms with Gasteiger partial charge in [0.05, 0.1) is 5.75 Å². The van der Waals surface area contributed by atoms with Crippen molar-refractivity contribution in [3.05, 3.63) is 100 Å². The van der Waals surface area contributed by atoms with Crippen LogP contribution in [-0.4, -0.2) is 34.6 Å². The zero-order valence-corrected chi connectivity index (χ0v) is 22.2. The van der Waals surface area contributed by atoms with Crippen molar-refractivity contribution in [1.82, 2.24) is 10.2 Å². The van der Waals surface area contributed by atoms with E-state index in [4.69, 9.17) is 23.2 Å². The molecule has 0 saturated heterocycles. The molecule has 0 spiro atoms. The normalized spacial score (nSPS) is 12.6. The van der Waals surface area contributed by atoms with E-state index in [0.717, 1.165) is 22.4 Å². The molecule has 2 atom stereocenters. The second-order valence-electron chi connectivity index (χ2n) is 8.41. The van der Waals surface area contributed by atoms with E-state index < -0.39 is 6.04 Å². The lowest BCUT2D eigenvalue weighted by Gasteiger charge is -2.32. The molecule has 0 aliphatic rings. The Bertz CT molecular complexity index is 1090. The van der Waals surface area contributed by atoms with Gasteiger partial charge in [0.2, 0.25) is 11.8 Å². The van der Waals surface area contributed by atoms with E-state index in [1.165, 1.54) is 11.8 Å². The SMILES string of the molecule is CC[C@H](C)NC(=O)[C@@H](Cc1ccccc1)N(Cc1ccc(Cl)cc1)C(=O)CSc1ccc(Cl)cc1. The van der Waals surface area contributed by atoms with Gasteiger partial charge in [-0.25, -0.2) is 0 Å². The number of hydrogen-bond donors (Lipinski definition) is 1. The van der Waals surface area contributed by atoms with Crippen molar-refractivity contribution in [2.75, 3.05) is 5.75 Å². The van der Waals surface area contributed by atoms with Gasteiger partial charge in [-0.15, -0.1) is 11.8 Å². The zero-order valence-electron chi connectivity index (χ0n) is 19.9. The number of halogens is 2. The molecule has 0 aromatic heterocycles. The van der Waals surface area contributed by atoms with Crippen LogP contribution in [-0.2, 0) is 22.6 Å². The monoisotopic (exact) mass is 528 g/mol. The Hall–Kier alpha value is -2.47. The van der Waals surface area contributed by atoms with E-state index in [1.807, 2.05) is 68.4 Å². The van der Waals surface area contributed by atoms with E-state index in [0.29, 0.717) is 23.0 Å². The highest BCUT2D eigenvalue weighted by Gasteiger charge is 2.31. The third-order valence-corrected chi connectivity index (χ3v) is 7.21. The predicted octanol–water partition coefficient (Wildman–Crippen LogP) is 6.64. The third kappa shape index (κ3) is 8.60. The van der Waals surface area contributed by atoms with Crippen LogP contribution in [0.5, 0.6) is 0 Å². The van der Waals surface area contributed by atoms with Crippen LogP contribution in [0, 0.1) is 0 Å². The van der Waals surface area contributed by atoms with Gasteiger partial charge in [0.15, 0.2) is 0 Å². The molecular weight excluding hydrogens is 499 g/mol. The molecule has 0 aliphatic heterocycles. The summed E-state index contributed by atoms with van der Waals surface area (Å²) in [5, 5.41) is 4.36. The molecular formula is C28H30Cl2N2O2S. The Labute approximate surface area is 222 Å². The summed E-state index contributed by atoms with van der Waals surface area (Å²) in [7, 11) is 0. The summed E-state index contributed by atoms with van der Waals surface area (Å²) < 4.78 is 0. The summed E-state index contributed by atoms with van der Waals surface area (Å²) >= 11 is 13.5. The van der Waals surface area contributed by atoms with E-state index in [9.17, 15) is 9.59 Å². The fourth-order valence-corrected chi connectivity index (χ4v) is 4.58. The first-order chi connectivity index (χ1) is 16.9. The Morgan fingerprint density at radius 3 is 2.09 bits per heavy atom. The van der Waals surface area contributed by atoms with E-state index in [-0.39, 0.29) is 23.6 Å². The van der Waals surface area contributed by atoms with Crippen LogP contribution in [0.1, 0.15) is 31.4 Å². The van der Waals surface area contributed by atoms with Gasteiger partial charge in [-0.2, -0.15) is 0 Å². The maximum atomic E-state index is 13.6. The van der Waals surface area contributed by atoms with Crippen LogP contribution in [0.4, 0.5) is 0 Å². The molecule has 0 radical (unpaired) electrons. The van der Waals surface area contributed by atoms with Crippen molar-refractivity contribution in [2.24, 2.45) is 0 Å². The third-order valence-electron chi connectivity index (χ3n) is 5.71. The van der Waals surface area contributed by atoms with Crippen LogP contribution >= 0.6 is 35.0 Å². The summed E-state index contributed by atoms with van der Waals surface area (Å²) in [6, 6.07) is 23.9. The first-order valence-electron chi connectivity index (χ1n) is 11.6. The van der Waals surface area contributed by atoms with Crippen molar-refractivity contribution in [1.29, 1.82) is 0 Å². The molecule has 1 N–H and O–H groups in total. The Kier molecular flexibility index (Phi) is 10.5. The molecule has 184 valence electrons. The first-order valence-corrected chi connectivity index (χ1v) is 13.4.